The SMILES string of the molecule is O=S(=O)(O)CCCc1ccc(CO)c(Oc2ncc(C(F)(F)F)cc2Cl)c1. The van der Waals surface area contributed by atoms with E-state index in [1.54, 1.807) is 6.07 Å². The molecule has 11 heteroatoms. The molecule has 1 aromatic carbocycles. The van der Waals surface area contributed by atoms with Crippen molar-refractivity contribution in [3.63, 3.8) is 0 Å². The summed E-state index contributed by atoms with van der Waals surface area (Å²) in [5, 5.41) is 9.04. The molecule has 148 valence electrons. The quantitative estimate of drug-likeness (QED) is 0.654. The van der Waals surface area contributed by atoms with Crippen LogP contribution in [0.25, 0.3) is 0 Å². The lowest BCUT2D eigenvalue weighted by Crippen LogP contribution is -2.06. The van der Waals surface area contributed by atoms with E-state index >= 15 is 0 Å². The number of hydrogen-bond donors (Lipinski definition) is 2. The molecule has 0 spiro atoms. The molecule has 0 saturated heterocycles. The number of ether oxygens (including phenoxy) is 1. The number of halogens is 4. The number of alkyl halides is 3. The van der Waals surface area contributed by atoms with Crippen LogP contribution in [0, 0.1) is 0 Å². The number of hydrogen-bond acceptors (Lipinski definition) is 5. The second-order valence-electron chi connectivity index (χ2n) is 5.60. The summed E-state index contributed by atoms with van der Waals surface area (Å²) >= 11 is 5.81. The second-order valence-corrected chi connectivity index (χ2v) is 7.58. The minimum atomic E-state index is -4.60. The first-order valence-corrected chi connectivity index (χ1v) is 9.57. The van der Waals surface area contributed by atoms with Crippen molar-refractivity contribution in [2.24, 2.45) is 0 Å². The lowest BCUT2D eigenvalue weighted by Gasteiger charge is -2.13. The number of rotatable bonds is 7. The minimum absolute atomic E-state index is 0.121. The van der Waals surface area contributed by atoms with Gasteiger partial charge in [-0.3, -0.25) is 4.55 Å². The standard InChI is InChI=1S/C16H15ClF3NO5S/c17-13-7-12(16(18,19)20)8-21-15(13)26-14-6-10(3-4-11(14)9-22)2-1-5-27(23,24)25/h3-4,6-8,22H,1-2,5,9H2,(H,23,24,25). The van der Waals surface area contributed by atoms with Gasteiger partial charge in [0, 0.05) is 11.8 Å². The van der Waals surface area contributed by atoms with Gasteiger partial charge in [-0.2, -0.15) is 21.6 Å². The summed E-state index contributed by atoms with van der Waals surface area (Å²) in [6.45, 7) is -0.404. The van der Waals surface area contributed by atoms with Gasteiger partial charge >= 0.3 is 6.18 Å². The molecule has 1 heterocycles. The summed E-state index contributed by atoms with van der Waals surface area (Å²) in [6.07, 6.45) is -3.58. The molecule has 0 radical (unpaired) electrons. The number of nitrogens with zero attached hydrogens (tertiary/aromatic N) is 1. The number of aliphatic hydroxyl groups excluding tert-OH is 1. The molecule has 1 aromatic heterocycles. The van der Waals surface area contributed by atoms with Crippen LogP contribution in [0.5, 0.6) is 11.6 Å². The van der Waals surface area contributed by atoms with Crippen LogP contribution in [0.1, 0.15) is 23.1 Å². The molecule has 6 nitrogen and oxygen atoms in total. The highest BCUT2D eigenvalue weighted by Gasteiger charge is 2.31. The molecule has 0 unspecified atom stereocenters. The molecule has 2 rings (SSSR count). The highest BCUT2D eigenvalue weighted by molar-refractivity contribution is 7.85. The zero-order valence-electron chi connectivity index (χ0n) is 13.7. The largest absolute Gasteiger partial charge is 0.437 e. The summed E-state index contributed by atoms with van der Waals surface area (Å²) in [5.74, 6) is -0.567. The van der Waals surface area contributed by atoms with Crippen LogP contribution in [0.3, 0.4) is 0 Å². The van der Waals surface area contributed by atoms with Gasteiger partial charge < -0.3 is 9.84 Å². The van der Waals surface area contributed by atoms with Crippen molar-refractivity contribution in [2.75, 3.05) is 5.75 Å². The molecule has 0 fully saturated rings. The van der Waals surface area contributed by atoms with E-state index in [9.17, 15) is 26.7 Å². The normalized spacial score (nSPS) is 12.2. The number of aliphatic hydroxyl groups is 1. The van der Waals surface area contributed by atoms with Gasteiger partial charge in [-0.1, -0.05) is 23.7 Å². The zero-order chi connectivity index (χ0) is 20.2. The molecule has 2 aromatic rings. The molecule has 0 aliphatic rings. The van der Waals surface area contributed by atoms with Crippen molar-refractivity contribution in [1.29, 1.82) is 0 Å². The van der Waals surface area contributed by atoms with E-state index in [4.69, 9.17) is 20.9 Å². The first-order valence-electron chi connectivity index (χ1n) is 7.58. The van der Waals surface area contributed by atoms with Gasteiger partial charge in [0.15, 0.2) is 0 Å². The van der Waals surface area contributed by atoms with Gasteiger partial charge in [0.2, 0.25) is 5.88 Å². The van der Waals surface area contributed by atoms with Crippen LogP contribution >= 0.6 is 11.6 Å². The lowest BCUT2D eigenvalue weighted by molar-refractivity contribution is -0.137. The maximum absolute atomic E-state index is 12.7. The Morgan fingerprint density at radius 1 is 1.22 bits per heavy atom. The topological polar surface area (TPSA) is 96.7 Å². The molecule has 2 N–H and O–H groups in total. The Labute approximate surface area is 158 Å². The molecule has 0 aliphatic carbocycles. The smallest absolute Gasteiger partial charge is 0.417 e. The summed E-state index contributed by atoms with van der Waals surface area (Å²) in [7, 11) is -4.08. The van der Waals surface area contributed by atoms with Crippen LogP contribution in [-0.2, 0) is 29.3 Å². The first-order chi connectivity index (χ1) is 12.5. The number of aryl methyl sites for hydroxylation is 1. The second kappa shape index (κ2) is 8.42. The van der Waals surface area contributed by atoms with Crippen LogP contribution < -0.4 is 4.74 Å². The molecular formula is C16H15ClF3NO5S. The molecule has 0 aliphatic heterocycles. The van der Waals surface area contributed by atoms with Gasteiger partial charge in [0.05, 0.1) is 17.9 Å². The van der Waals surface area contributed by atoms with E-state index in [2.05, 4.69) is 4.98 Å². The van der Waals surface area contributed by atoms with Crippen molar-refractivity contribution in [3.8, 4) is 11.6 Å². The molecule has 0 bridgehead atoms. The summed E-state index contributed by atoms with van der Waals surface area (Å²) in [5.41, 5.74) is -0.0543. The average molecular weight is 426 g/mol. The summed E-state index contributed by atoms with van der Waals surface area (Å²) in [4.78, 5) is 3.57. The third kappa shape index (κ3) is 6.35. The Bertz CT molecular complexity index is 919. The van der Waals surface area contributed by atoms with Crippen molar-refractivity contribution >= 4 is 21.7 Å². The van der Waals surface area contributed by atoms with Crippen LogP contribution in [0.2, 0.25) is 5.02 Å². The lowest BCUT2D eigenvalue weighted by atomic mass is 10.1. The Hall–Kier alpha value is -1.88. The third-order valence-electron chi connectivity index (χ3n) is 3.51. The average Bonchev–Trinajstić information content (AvgIpc) is 2.55. The van der Waals surface area contributed by atoms with Gasteiger partial charge in [-0.15, -0.1) is 0 Å². The van der Waals surface area contributed by atoms with E-state index in [-0.39, 0.29) is 29.5 Å². The highest BCUT2D eigenvalue weighted by Crippen LogP contribution is 2.35. The molecular weight excluding hydrogens is 411 g/mol. The fraction of sp³-hybridized carbons (Fsp3) is 0.312. The van der Waals surface area contributed by atoms with Crippen LogP contribution in [-0.4, -0.2) is 28.8 Å². The Morgan fingerprint density at radius 2 is 1.93 bits per heavy atom. The first kappa shape index (κ1) is 21.4. The van der Waals surface area contributed by atoms with Gasteiger partial charge in [0.25, 0.3) is 10.1 Å². The maximum Gasteiger partial charge on any atom is 0.417 e. The van der Waals surface area contributed by atoms with Crippen molar-refractivity contribution in [1.82, 2.24) is 4.98 Å². The van der Waals surface area contributed by atoms with Crippen molar-refractivity contribution in [3.05, 3.63) is 52.2 Å². The maximum atomic E-state index is 12.7. The highest BCUT2D eigenvalue weighted by atomic mass is 35.5. The van der Waals surface area contributed by atoms with E-state index in [1.165, 1.54) is 12.1 Å². The number of pyridine rings is 1. The predicted octanol–water partition coefficient (Wildman–Crippen LogP) is 3.86. The Morgan fingerprint density at radius 3 is 2.48 bits per heavy atom. The number of benzene rings is 1. The molecule has 0 saturated carbocycles. The van der Waals surface area contributed by atoms with E-state index < -0.39 is 34.2 Å². The van der Waals surface area contributed by atoms with E-state index in [0.29, 0.717) is 23.4 Å². The van der Waals surface area contributed by atoms with Gasteiger partial charge in [-0.05, 0) is 30.5 Å². The summed E-state index contributed by atoms with van der Waals surface area (Å²) in [6, 6.07) is 5.32. The molecule has 27 heavy (non-hydrogen) atoms. The number of aromatic nitrogens is 1. The third-order valence-corrected chi connectivity index (χ3v) is 4.59. The Balaban J connectivity index is 2.23. The van der Waals surface area contributed by atoms with Crippen molar-refractivity contribution in [2.45, 2.75) is 25.6 Å². The summed E-state index contributed by atoms with van der Waals surface area (Å²) < 4.78 is 73.7. The monoisotopic (exact) mass is 425 g/mol. The van der Waals surface area contributed by atoms with Crippen molar-refractivity contribution < 1.29 is 36.0 Å². The fourth-order valence-corrected chi connectivity index (χ4v) is 2.91. The van der Waals surface area contributed by atoms with E-state index in [0.717, 1.165) is 0 Å². The van der Waals surface area contributed by atoms with E-state index in [1.807, 2.05) is 0 Å². The Kier molecular flexibility index (Phi) is 6.68. The minimum Gasteiger partial charge on any atom is -0.437 e. The predicted molar refractivity (Wildman–Crippen MR) is 91.4 cm³/mol. The van der Waals surface area contributed by atoms with Crippen LogP contribution in [0.4, 0.5) is 13.2 Å². The molecule has 0 amide bonds. The van der Waals surface area contributed by atoms with Crippen LogP contribution in [0.15, 0.2) is 30.5 Å². The molecule has 0 atom stereocenters. The van der Waals surface area contributed by atoms with Gasteiger partial charge in [0.1, 0.15) is 10.8 Å². The van der Waals surface area contributed by atoms with Gasteiger partial charge in [-0.25, -0.2) is 4.98 Å². The zero-order valence-corrected chi connectivity index (χ0v) is 15.3. The fourth-order valence-electron chi connectivity index (χ4n) is 2.20.